The van der Waals surface area contributed by atoms with Gasteiger partial charge in [0.25, 0.3) is 0 Å². The first-order valence-corrected chi connectivity index (χ1v) is 6.73. The summed E-state index contributed by atoms with van der Waals surface area (Å²) >= 11 is 0.549. The molecule has 0 saturated carbocycles. The zero-order valence-electron chi connectivity index (χ0n) is 10.2. The molecule has 1 unspecified atom stereocenters. The van der Waals surface area contributed by atoms with E-state index in [-0.39, 0.29) is 5.82 Å². The van der Waals surface area contributed by atoms with Crippen molar-refractivity contribution in [2.45, 2.75) is 24.6 Å². The van der Waals surface area contributed by atoms with Crippen molar-refractivity contribution in [2.24, 2.45) is 5.73 Å². The van der Waals surface area contributed by atoms with Crippen molar-refractivity contribution < 1.29 is 17.6 Å². The second kappa shape index (κ2) is 4.26. The molecular weight excluding hydrogens is 292 g/mol. The average Bonchev–Trinajstić information content (AvgIpc) is 2.95. The van der Waals surface area contributed by atoms with Gasteiger partial charge in [-0.3, -0.25) is 0 Å². The lowest BCUT2D eigenvalue weighted by molar-refractivity contribution is -0.137. The summed E-state index contributed by atoms with van der Waals surface area (Å²) in [7, 11) is 0. The summed E-state index contributed by atoms with van der Waals surface area (Å²) in [4.78, 5) is 3.76. The Balaban J connectivity index is 2.05. The standard InChI is InChI=1S/C13H10F4N2S/c14-8-1-2-9-7(5-8)3-4-12(9,18)10-6-19-11(20-10)13(15,16)17/h1-2,5-6H,3-4,18H2. The fourth-order valence-corrected chi connectivity index (χ4v) is 3.47. The van der Waals surface area contributed by atoms with Crippen molar-refractivity contribution in [3.05, 3.63) is 51.2 Å². The van der Waals surface area contributed by atoms with Gasteiger partial charge in [-0.15, -0.1) is 11.3 Å². The van der Waals surface area contributed by atoms with Crippen molar-refractivity contribution in [1.29, 1.82) is 0 Å². The summed E-state index contributed by atoms with van der Waals surface area (Å²) in [6.45, 7) is 0. The highest BCUT2D eigenvalue weighted by molar-refractivity contribution is 7.11. The number of halogens is 4. The lowest BCUT2D eigenvalue weighted by Gasteiger charge is -2.23. The summed E-state index contributed by atoms with van der Waals surface area (Å²) in [5, 5.41) is -0.909. The number of fused-ring (bicyclic) bond motifs is 1. The van der Waals surface area contributed by atoms with E-state index < -0.39 is 16.7 Å². The summed E-state index contributed by atoms with van der Waals surface area (Å²) in [6, 6.07) is 4.21. The molecule has 1 aromatic heterocycles. The van der Waals surface area contributed by atoms with Crippen LogP contribution in [0.1, 0.15) is 27.4 Å². The molecule has 0 bridgehead atoms. The van der Waals surface area contributed by atoms with Gasteiger partial charge in [-0.25, -0.2) is 9.37 Å². The minimum Gasteiger partial charge on any atom is -0.317 e. The number of aromatic nitrogens is 1. The molecule has 1 aromatic carbocycles. The molecule has 1 aliphatic rings. The van der Waals surface area contributed by atoms with Crippen LogP contribution in [0.25, 0.3) is 0 Å². The Morgan fingerprint density at radius 1 is 1.30 bits per heavy atom. The van der Waals surface area contributed by atoms with E-state index in [0.717, 1.165) is 5.56 Å². The maximum absolute atomic E-state index is 13.2. The van der Waals surface area contributed by atoms with Crippen LogP contribution in [-0.2, 0) is 18.1 Å². The number of aryl methyl sites for hydroxylation is 1. The van der Waals surface area contributed by atoms with E-state index in [1.165, 1.54) is 18.3 Å². The molecule has 0 amide bonds. The third kappa shape index (κ3) is 2.01. The average molecular weight is 302 g/mol. The Hall–Kier alpha value is -1.47. The van der Waals surface area contributed by atoms with Crippen LogP contribution in [0.3, 0.4) is 0 Å². The van der Waals surface area contributed by atoms with Crippen molar-refractivity contribution in [1.82, 2.24) is 4.98 Å². The van der Waals surface area contributed by atoms with Gasteiger partial charge >= 0.3 is 6.18 Å². The summed E-state index contributed by atoms with van der Waals surface area (Å²) < 4.78 is 51.0. The molecule has 0 fully saturated rings. The van der Waals surface area contributed by atoms with E-state index >= 15 is 0 Å². The number of hydrogen-bond acceptors (Lipinski definition) is 3. The van der Waals surface area contributed by atoms with Gasteiger partial charge in [0.05, 0.1) is 5.54 Å². The zero-order chi connectivity index (χ0) is 14.5. The Morgan fingerprint density at radius 3 is 2.70 bits per heavy atom. The predicted molar refractivity (Wildman–Crippen MR) is 66.8 cm³/mol. The minimum absolute atomic E-state index is 0.357. The van der Waals surface area contributed by atoms with Crippen LogP contribution in [0.5, 0.6) is 0 Å². The lowest BCUT2D eigenvalue weighted by atomic mass is 9.92. The molecule has 1 aliphatic carbocycles. The molecule has 7 heteroatoms. The highest BCUT2D eigenvalue weighted by Gasteiger charge is 2.41. The van der Waals surface area contributed by atoms with Crippen LogP contribution in [0.15, 0.2) is 24.4 Å². The van der Waals surface area contributed by atoms with Crippen LogP contribution in [0.4, 0.5) is 17.6 Å². The molecule has 106 valence electrons. The van der Waals surface area contributed by atoms with E-state index in [1.54, 1.807) is 6.07 Å². The Labute approximate surface area is 116 Å². The number of thiazole rings is 1. The maximum Gasteiger partial charge on any atom is 0.443 e. The molecule has 0 aliphatic heterocycles. The van der Waals surface area contributed by atoms with Gasteiger partial charge in [-0.1, -0.05) is 6.07 Å². The van der Waals surface area contributed by atoms with E-state index in [2.05, 4.69) is 4.98 Å². The Bertz CT molecular complexity index is 665. The number of benzene rings is 1. The van der Waals surface area contributed by atoms with Crippen LogP contribution in [0.2, 0.25) is 0 Å². The highest BCUT2D eigenvalue weighted by atomic mass is 32.1. The third-order valence-electron chi connectivity index (χ3n) is 3.52. The first kappa shape index (κ1) is 13.5. The molecule has 20 heavy (non-hydrogen) atoms. The Kier molecular flexibility index (Phi) is 2.88. The fourth-order valence-electron chi connectivity index (χ4n) is 2.54. The van der Waals surface area contributed by atoms with Gasteiger partial charge in [0, 0.05) is 11.1 Å². The second-order valence-electron chi connectivity index (χ2n) is 4.80. The number of alkyl halides is 3. The predicted octanol–water partition coefficient (Wildman–Crippen LogP) is 3.45. The van der Waals surface area contributed by atoms with Gasteiger partial charge < -0.3 is 5.73 Å². The van der Waals surface area contributed by atoms with Crippen LogP contribution < -0.4 is 5.73 Å². The number of rotatable bonds is 1. The van der Waals surface area contributed by atoms with E-state index in [4.69, 9.17) is 5.73 Å². The fraction of sp³-hybridized carbons (Fsp3) is 0.308. The number of hydrogen-bond donors (Lipinski definition) is 1. The molecule has 0 saturated heterocycles. The molecule has 1 atom stereocenters. The van der Waals surface area contributed by atoms with Crippen LogP contribution >= 0.6 is 11.3 Å². The molecule has 1 heterocycles. The SMILES string of the molecule is NC1(c2cnc(C(F)(F)F)s2)CCc2cc(F)ccc21. The van der Waals surface area contributed by atoms with E-state index in [0.29, 0.717) is 34.6 Å². The molecule has 0 radical (unpaired) electrons. The van der Waals surface area contributed by atoms with Crippen molar-refractivity contribution in [2.75, 3.05) is 0 Å². The first-order valence-electron chi connectivity index (χ1n) is 5.92. The molecule has 2 aromatic rings. The van der Waals surface area contributed by atoms with Gasteiger partial charge in [0.15, 0.2) is 5.01 Å². The first-order chi connectivity index (χ1) is 9.30. The van der Waals surface area contributed by atoms with E-state index in [9.17, 15) is 17.6 Å². The van der Waals surface area contributed by atoms with Gasteiger partial charge in [-0.2, -0.15) is 13.2 Å². The molecular formula is C13H10F4N2S. The smallest absolute Gasteiger partial charge is 0.317 e. The van der Waals surface area contributed by atoms with Crippen LogP contribution in [-0.4, -0.2) is 4.98 Å². The normalized spacial score (nSPS) is 22.1. The topological polar surface area (TPSA) is 38.9 Å². The van der Waals surface area contributed by atoms with Gasteiger partial charge in [0.1, 0.15) is 5.82 Å². The summed E-state index contributed by atoms with van der Waals surface area (Å²) in [6.07, 6.45) is -2.30. The van der Waals surface area contributed by atoms with Crippen LogP contribution in [0, 0.1) is 5.82 Å². The maximum atomic E-state index is 13.2. The third-order valence-corrected chi connectivity index (χ3v) is 4.74. The van der Waals surface area contributed by atoms with Gasteiger partial charge in [-0.05, 0) is 36.1 Å². The largest absolute Gasteiger partial charge is 0.443 e. The van der Waals surface area contributed by atoms with Gasteiger partial charge in [0.2, 0.25) is 0 Å². The van der Waals surface area contributed by atoms with Crippen molar-refractivity contribution >= 4 is 11.3 Å². The number of nitrogens with two attached hydrogens (primary N) is 1. The molecule has 2 nitrogen and oxygen atoms in total. The number of nitrogens with zero attached hydrogens (tertiary/aromatic N) is 1. The minimum atomic E-state index is -4.47. The van der Waals surface area contributed by atoms with Crippen molar-refractivity contribution in [3.63, 3.8) is 0 Å². The zero-order valence-corrected chi connectivity index (χ0v) is 11.0. The highest BCUT2D eigenvalue weighted by Crippen LogP contribution is 2.44. The molecule has 3 rings (SSSR count). The monoisotopic (exact) mass is 302 g/mol. The van der Waals surface area contributed by atoms with E-state index in [1.807, 2.05) is 0 Å². The molecule has 2 N–H and O–H groups in total. The molecule has 0 spiro atoms. The lowest BCUT2D eigenvalue weighted by Crippen LogP contribution is -2.34. The Morgan fingerprint density at radius 2 is 2.05 bits per heavy atom. The van der Waals surface area contributed by atoms with Crippen molar-refractivity contribution in [3.8, 4) is 0 Å². The quantitative estimate of drug-likeness (QED) is 0.820. The summed E-state index contributed by atoms with van der Waals surface area (Å²) in [5.41, 5.74) is 6.69. The summed E-state index contributed by atoms with van der Waals surface area (Å²) in [5.74, 6) is -0.367. The second-order valence-corrected chi connectivity index (χ2v) is 5.83.